The second-order valence-electron chi connectivity index (χ2n) is 4.91. The molecule has 0 aromatic heterocycles. The van der Waals surface area contributed by atoms with Crippen LogP contribution in [-0.4, -0.2) is 61.3 Å². The van der Waals surface area contributed by atoms with Crippen molar-refractivity contribution in [2.45, 2.75) is 38.1 Å². The Bertz CT molecular complexity index is 296. The molecule has 110 valence electrons. The van der Waals surface area contributed by atoms with E-state index in [1.54, 1.807) is 7.11 Å². The fraction of sp³-hybridized carbons (Fsp3) is 0.846. The maximum atomic E-state index is 11.8. The fourth-order valence-corrected chi connectivity index (χ4v) is 2.39. The molecule has 1 aliphatic rings. The zero-order valence-electron chi connectivity index (χ0n) is 11.6. The van der Waals surface area contributed by atoms with Gasteiger partial charge in [-0.3, -0.25) is 14.5 Å². The van der Waals surface area contributed by atoms with Crippen LogP contribution in [-0.2, 0) is 14.3 Å². The molecule has 0 radical (unpaired) electrons. The van der Waals surface area contributed by atoms with Crippen LogP contribution in [0.2, 0.25) is 0 Å². The van der Waals surface area contributed by atoms with Crippen molar-refractivity contribution in [3.63, 3.8) is 0 Å². The number of carbonyl (C=O) groups excluding carboxylic acids is 1. The first-order valence-electron chi connectivity index (χ1n) is 6.85. The molecule has 0 spiro atoms. The predicted molar refractivity (Wildman–Crippen MR) is 71.0 cm³/mol. The number of amides is 1. The van der Waals surface area contributed by atoms with Gasteiger partial charge in [0, 0.05) is 26.3 Å². The normalized spacial score (nSPS) is 20.2. The Morgan fingerprint density at radius 2 is 2.21 bits per heavy atom. The molecule has 2 N–H and O–H groups in total. The molecule has 1 saturated heterocycles. The number of rotatable bonds is 8. The van der Waals surface area contributed by atoms with Crippen LogP contribution in [0.5, 0.6) is 0 Å². The number of aliphatic carboxylic acids is 1. The second kappa shape index (κ2) is 8.87. The molecule has 0 aliphatic carbocycles. The van der Waals surface area contributed by atoms with Crippen molar-refractivity contribution >= 4 is 11.9 Å². The van der Waals surface area contributed by atoms with Gasteiger partial charge in [0.05, 0.1) is 13.0 Å². The molecule has 1 atom stereocenters. The first-order valence-corrected chi connectivity index (χ1v) is 6.85. The van der Waals surface area contributed by atoms with Crippen LogP contribution in [0.3, 0.4) is 0 Å². The van der Waals surface area contributed by atoms with Crippen LogP contribution in [0.1, 0.15) is 32.1 Å². The van der Waals surface area contributed by atoms with Crippen LogP contribution < -0.4 is 5.32 Å². The highest BCUT2D eigenvalue weighted by atomic mass is 16.5. The van der Waals surface area contributed by atoms with Gasteiger partial charge in [-0.2, -0.15) is 0 Å². The lowest BCUT2D eigenvalue weighted by atomic mass is 9.99. The van der Waals surface area contributed by atoms with Gasteiger partial charge in [-0.05, 0) is 25.8 Å². The lowest BCUT2D eigenvalue weighted by Crippen LogP contribution is -2.46. The molecular weight excluding hydrogens is 248 g/mol. The highest BCUT2D eigenvalue weighted by Crippen LogP contribution is 2.19. The van der Waals surface area contributed by atoms with E-state index in [0.29, 0.717) is 19.7 Å². The number of methoxy groups -OCH3 is 1. The van der Waals surface area contributed by atoms with Gasteiger partial charge in [-0.15, -0.1) is 0 Å². The van der Waals surface area contributed by atoms with E-state index in [1.165, 1.54) is 0 Å². The minimum Gasteiger partial charge on any atom is -0.481 e. The van der Waals surface area contributed by atoms with Crippen molar-refractivity contribution in [3.05, 3.63) is 0 Å². The molecule has 6 heteroatoms. The molecule has 1 fully saturated rings. The molecule has 0 aromatic rings. The Labute approximate surface area is 114 Å². The lowest BCUT2D eigenvalue weighted by Gasteiger charge is -2.34. The van der Waals surface area contributed by atoms with Gasteiger partial charge in [0.25, 0.3) is 0 Å². The standard InChI is InChI=1S/C13H24N2O4/c1-19-8-4-6-14-12(16)10-15-7-3-2-5-11(15)9-13(17)18/h11H,2-10H2,1H3,(H,14,16)(H,17,18). The Morgan fingerprint density at radius 1 is 1.42 bits per heavy atom. The number of nitrogens with one attached hydrogen (secondary N) is 1. The Balaban J connectivity index is 2.30. The van der Waals surface area contributed by atoms with Gasteiger partial charge < -0.3 is 15.2 Å². The highest BCUT2D eigenvalue weighted by Gasteiger charge is 2.25. The summed E-state index contributed by atoms with van der Waals surface area (Å²) in [5.41, 5.74) is 0. The third kappa shape index (κ3) is 6.54. The summed E-state index contributed by atoms with van der Waals surface area (Å²) in [6.45, 7) is 2.34. The smallest absolute Gasteiger partial charge is 0.304 e. The zero-order chi connectivity index (χ0) is 14.1. The predicted octanol–water partition coefficient (Wildman–Crippen LogP) is 0.468. The number of ether oxygens (including phenoxy) is 1. The number of piperidine rings is 1. The largest absolute Gasteiger partial charge is 0.481 e. The van der Waals surface area contributed by atoms with Gasteiger partial charge in [0.1, 0.15) is 0 Å². The summed E-state index contributed by atoms with van der Waals surface area (Å²) in [5, 5.41) is 11.7. The summed E-state index contributed by atoms with van der Waals surface area (Å²) < 4.78 is 4.91. The van der Waals surface area contributed by atoms with Gasteiger partial charge in [-0.1, -0.05) is 6.42 Å². The zero-order valence-corrected chi connectivity index (χ0v) is 11.6. The van der Waals surface area contributed by atoms with E-state index in [0.717, 1.165) is 32.2 Å². The quantitative estimate of drug-likeness (QED) is 0.628. The van der Waals surface area contributed by atoms with E-state index in [9.17, 15) is 9.59 Å². The van der Waals surface area contributed by atoms with Crippen molar-refractivity contribution in [3.8, 4) is 0 Å². The molecule has 0 saturated carbocycles. The average molecular weight is 272 g/mol. The molecule has 1 amide bonds. The number of nitrogens with zero attached hydrogens (tertiary/aromatic N) is 1. The molecule has 1 heterocycles. The number of hydrogen-bond donors (Lipinski definition) is 2. The van der Waals surface area contributed by atoms with E-state index in [2.05, 4.69) is 5.32 Å². The average Bonchev–Trinajstić information content (AvgIpc) is 2.36. The number of likely N-dealkylation sites (tertiary alicyclic amines) is 1. The molecule has 19 heavy (non-hydrogen) atoms. The highest BCUT2D eigenvalue weighted by molar-refractivity contribution is 5.78. The minimum absolute atomic E-state index is 0.00373. The first kappa shape index (κ1) is 15.9. The number of carboxylic acid groups (broad SMARTS) is 1. The van der Waals surface area contributed by atoms with Gasteiger partial charge in [-0.25, -0.2) is 0 Å². The minimum atomic E-state index is -0.794. The van der Waals surface area contributed by atoms with Crippen LogP contribution in [0.25, 0.3) is 0 Å². The van der Waals surface area contributed by atoms with E-state index in [1.807, 2.05) is 4.90 Å². The number of carboxylic acids is 1. The van der Waals surface area contributed by atoms with Crippen molar-refractivity contribution in [1.82, 2.24) is 10.2 Å². The Kier molecular flexibility index (Phi) is 7.43. The summed E-state index contributed by atoms with van der Waals surface area (Å²) in [6.07, 6.45) is 3.86. The molecule has 6 nitrogen and oxygen atoms in total. The van der Waals surface area contributed by atoms with Crippen LogP contribution in [0, 0.1) is 0 Å². The summed E-state index contributed by atoms with van der Waals surface area (Å²) in [4.78, 5) is 24.6. The SMILES string of the molecule is COCCCNC(=O)CN1CCCCC1CC(=O)O. The van der Waals surface area contributed by atoms with Gasteiger partial charge in [0.2, 0.25) is 5.91 Å². The van der Waals surface area contributed by atoms with Crippen LogP contribution >= 0.6 is 0 Å². The molecular formula is C13H24N2O4. The Morgan fingerprint density at radius 3 is 2.89 bits per heavy atom. The van der Waals surface area contributed by atoms with Crippen LogP contribution in [0.15, 0.2) is 0 Å². The van der Waals surface area contributed by atoms with Crippen molar-refractivity contribution in [2.24, 2.45) is 0 Å². The number of carbonyl (C=O) groups is 2. The van der Waals surface area contributed by atoms with Gasteiger partial charge in [0.15, 0.2) is 0 Å². The van der Waals surface area contributed by atoms with E-state index in [4.69, 9.17) is 9.84 Å². The van der Waals surface area contributed by atoms with E-state index >= 15 is 0 Å². The number of hydrogen-bond acceptors (Lipinski definition) is 4. The van der Waals surface area contributed by atoms with Crippen molar-refractivity contribution in [1.29, 1.82) is 0 Å². The van der Waals surface area contributed by atoms with E-state index < -0.39 is 5.97 Å². The molecule has 0 aromatic carbocycles. The van der Waals surface area contributed by atoms with Crippen LogP contribution in [0.4, 0.5) is 0 Å². The topological polar surface area (TPSA) is 78.9 Å². The summed E-state index contributed by atoms with van der Waals surface area (Å²) in [5.74, 6) is -0.828. The summed E-state index contributed by atoms with van der Waals surface area (Å²) in [7, 11) is 1.63. The monoisotopic (exact) mass is 272 g/mol. The molecule has 0 bridgehead atoms. The van der Waals surface area contributed by atoms with E-state index in [-0.39, 0.29) is 18.4 Å². The molecule has 1 rings (SSSR count). The first-order chi connectivity index (χ1) is 9.13. The molecule has 1 aliphatic heterocycles. The third-order valence-electron chi connectivity index (χ3n) is 3.35. The van der Waals surface area contributed by atoms with Crippen molar-refractivity contribution in [2.75, 3.05) is 33.4 Å². The third-order valence-corrected chi connectivity index (χ3v) is 3.35. The lowest BCUT2D eigenvalue weighted by molar-refractivity contribution is -0.139. The molecule has 1 unspecified atom stereocenters. The Hall–Kier alpha value is -1.14. The summed E-state index contributed by atoms with van der Waals surface area (Å²) >= 11 is 0. The maximum absolute atomic E-state index is 11.8. The van der Waals surface area contributed by atoms with Gasteiger partial charge >= 0.3 is 5.97 Å². The second-order valence-corrected chi connectivity index (χ2v) is 4.91. The van der Waals surface area contributed by atoms with Crippen molar-refractivity contribution < 1.29 is 19.4 Å². The summed E-state index contributed by atoms with van der Waals surface area (Å²) in [6, 6.07) is -0.00373. The fourth-order valence-electron chi connectivity index (χ4n) is 2.39. The maximum Gasteiger partial charge on any atom is 0.304 e.